The van der Waals surface area contributed by atoms with Crippen LogP contribution in [0, 0.1) is 5.92 Å². The van der Waals surface area contributed by atoms with Gasteiger partial charge in [0.2, 0.25) is 0 Å². The summed E-state index contributed by atoms with van der Waals surface area (Å²) in [5.41, 5.74) is 1.27. The number of nitrogens with one attached hydrogen (secondary N) is 2. The van der Waals surface area contributed by atoms with Gasteiger partial charge in [-0.25, -0.2) is 0 Å². The second-order valence-electron chi connectivity index (χ2n) is 6.61. The van der Waals surface area contributed by atoms with Crippen LogP contribution in [-0.4, -0.2) is 43.7 Å². The van der Waals surface area contributed by atoms with Crippen molar-refractivity contribution in [3.8, 4) is 10.6 Å². The van der Waals surface area contributed by atoms with Gasteiger partial charge in [0.15, 0.2) is 10.9 Å². The average molecular weight is 405 g/mol. The number of H-pyrrole nitrogens is 1. The van der Waals surface area contributed by atoms with Crippen molar-refractivity contribution >= 4 is 29.0 Å². The lowest BCUT2D eigenvalue weighted by atomic mass is 10.2. The molecule has 0 atom stereocenters. The van der Waals surface area contributed by atoms with Crippen LogP contribution in [0.1, 0.15) is 36.6 Å². The fourth-order valence-electron chi connectivity index (χ4n) is 2.74. The molecular formula is C18H24N6OS2. The van der Waals surface area contributed by atoms with Gasteiger partial charge in [0.1, 0.15) is 5.82 Å². The Morgan fingerprint density at radius 2 is 2.26 bits per heavy atom. The molecule has 0 radical (unpaired) electrons. The highest BCUT2D eigenvalue weighted by molar-refractivity contribution is 7.98. The van der Waals surface area contributed by atoms with E-state index >= 15 is 0 Å². The maximum Gasteiger partial charge on any atom is 0.271 e. The first-order valence-electron chi connectivity index (χ1n) is 8.92. The molecule has 0 unspecified atom stereocenters. The van der Waals surface area contributed by atoms with Crippen molar-refractivity contribution in [1.29, 1.82) is 0 Å². The van der Waals surface area contributed by atoms with Crippen molar-refractivity contribution in [2.24, 2.45) is 5.92 Å². The van der Waals surface area contributed by atoms with Gasteiger partial charge in [-0.1, -0.05) is 31.7 Å². The SMILES string of the molecule is CSc1nnc(CCCNC(=O)c2cc(-c3cccs3)[nH]n2)n1CC(C)C. The molecule has 3 aromatic rings. The van der Waals surface area contributed by atoms with Gasteiger partial charge in [0.05, 0.1) is 10.6 Å². The molecule has 0 saturated carbocycles. The molecule has 9 heteroatoms. The summed E-state index contributed by atoms with van der Waals surface area (Å²) in [5, 5.41) is 21.5. The van der Waals surface area contributed by atoms with E-state index in [4.69, 9.17) is 0 Å². The molecule has 0 bridgehead atoms. The summed E-state index contributed by atoms with van der Waals surface area (Å²) in [6.07, 6.45) is 3.60. The maximum atomic E-state index is 12.3. The van der Waals surface area contributed by atoms with E-state index in [1.165, 1.54) is 0 Å². The number of carbonyl (C=O) groups is 1. The van der Waals surface area contributed by atoms with E-state index in [-0.39, 0.29) is 5.91 Å². The summed E-state index contributed by atoms with van der Waals surface area (Å²) in [6.45, 7) is 5.84. The molecule has 7 nitrogen and oxygen atoms in total. The first-order valence-corrected chi connectivity index (χ1v) is 11.0. The minimum atomic E-state index is -0.164. The summed E-state index contributed by atoms with van der Waals surface area (Å²) in [5.74, 6) is 1.34. The summed E-state index contributed by atoms with van der Waals surface area (Å²) < 4.78 is 2.18. The molecule has 27 heavy (non-hydrogen) atoms. The molecule has 144 valence electrons. The molecule has 3 rings (SSSR count). The van der Waals surface area contributed by atoms with Crippen LogP contribution >= 0.6 is 23.1 Å². The van der Waals surface area contributed by atoms with E-state index in [0.717, 1.165) is 40.9 Å². The number of aromatic amines is 1. The van der Waals surface area contributed by atoms with E-state index in [9.17, 15) is 4.79 Å². The molecule has 0 spiro atoms. The van der Waals surface area contributed by atoms with Gasteiger partial charge in [0, 0.05) is 19.5 Å². The standard InChI is InChI=1S/C18H24N6OS2/c1-12(2)11-24-16(22-23-18(24)26-3)7-4-8-19-17(25)14-10-13(20-21-14)15-6-5-9-27-15/h5-6,9-10,12H,4,7-8,11H2,1-3H3,(H,19,25)(H,20,21). The first kappa shape index (κ1) is 19.6. The molecule has 0 fully saturated rings. The van der Waals surface area contributed by atoms with Gasteiger partial charge >= 0.3 is 0 Å². The summed E-state index contributed by atoms with van der Waals surface area (Å²) >= 11 is 3.22. The Balaban J connectivity index is 1.50. The molecule has 0 aliphatic heterocycles. The van der Waals surface area contributed by atoms with Gasteiger partial charge in [-0.2, -0.15) is 5.10 Å². The Labute approximate surface area is 167 Å². The lowest BCUT2D eigenvalue weighted by Gasteiger charge is -2.11. The Morgan fingerprint density at radius 1 is 1.41 bits per heavy atom. The predicted molar refractivity (Wildman–Crippen MR) is 109 cm³/mol. The van der Waals surface area contributed by atoms with Crippen molar-refractivity contribution < 1.29 is 4.79 Å². The number of aryl methyl sites for hydroxylation is 1. The molecule has 3 heterocycles. The largest absolute Gasteiger partial charge is 0.351 e. The smallest absolute Gasteiger partial charge is 0.271 e. The summed E-state index contributed by atoms with van der Waals surface area (Å²) in [7, 11) is 0. The predicted octanol–water partition coefficient (Wildman–Crippen LogP) is 3.47. The third kappa shape index (κ3) is 4.98. The highest BCUT2D eigenvalue weighted by Crippen LogP contribution is 2.22. The zero-order valence-corrected chi connectivity index (χ0v) is 17.4. The lowest BCUT2D eigenvalue weighted by molar-refractivity contribution is 0.0948. The van der Waals surface area contributed by atoms with Crippen LogP contribution in [0.15, 0.2) is 28.7 Å². The first-order chi connectivity index (χ1) is 13.1. The van der Waals surface area contributed by atoms with Gasteiger partial charge < -0.3 is 9.88 Å². The third-order valence-electron chi connectivity index (χ3n) is 3.98. The highest BCUT2D eigenvalue weighted by atomic mass is 32.2. The highest BCUT2D eigenvalue weighted by Gasteiger charge is 2.14. The Hall–Kier alpha value is -2.13. The minimum absolute atomic E-state index is 0.164. The maximum absolute atomic E-state index is 12.3. The quantitative estimate of drug-likeness (QED) is 0.421. The number of thiophene rings is 1. The summed E-state index contributed by atoms with van der Waals surface area (Å²) in [6, 6.07) is 5.75. The lowest BCUT2D eigenvalue weighted by Crippen LogP contribution is -2.25. The van der Waals surface area contributed by atoms with Gasteiger partial charge in [-0.15, -0.1) is 21.5 Å². The molecule has 0 aliphatic rings. The van der Waals surface area contributed by atoms with Crippen LogP contribution in [0.2, 0.25) is 0 Å². The normalized spacial score (nSPS) is 11.3. The number of amides is 1. The Morgan fingerprint density at radius 3 is 2.96 bits per heavy atom. The van der Waals surface area contributed by atoms with E-state index in [2.05, 4.69) is 44.1 Å². The number of hydrogen-bond donors (Lipinski definition) is 2. The second kappa shape index (κ2) is 9.18. The zero-order chi connectivity index (χ0) is 19.2. The van der Waals surface area contributed by atoms with Crippen molar-refractivity contribution in [2.75, 3.05) is 12.8 Å². The Bertz CT molecular complexity index is 868. The zero-order valence-electron chi connectivity index (χ0n) is 15.7. The van der Waals surface area contributed by atoms with E-state index < -0.39 is 0 Å². The molecular weight excluding hydrogens is 380 g/mol. The molecule has 0 aromatic carbocycles. The van der Waals surface area contributed by atoms with Crippen molar-refractivity contribution in [1.82, 2.24) is 30.3 Å². The monoisotopic (exact) mass is 404 g/mol. The average Bonchev–Trinajstić information content (AvgIpc) is 3.38. The van der Waals surface area contributed by atoms with Crippen LogP contribution in [0.4, 0.5) is 0 Å². The third-order valence-corrected chi connectivity index (χ3v) is 5.55. The number of nitrogens with zero attached hydrogens (tertiary/aromatic N) is 4. The van der Waals surface area contributed by atoms with E-state index in [1.807, 2.05) is 23.8 Å². The number of thioether (sulfide) groups is 1. The van der Waals surface area contributed by atoms with Gasteiger partial charge in [0.25, 0.3) is 5.91 Å². The minimum Gasteiger partial charge on any atom is -0.351 e. The van der Waals surface area contributed by atoms with Gasteiger partial charge in [-0.3, -0.25) is 9.89 Å². The number of rotatable bonds is 9. The fourth-order valence-corrected chi connectivity index (χ4v) is 3.95. The molecule has 0 aliphatic carbocycles. The second-order valence-corrected chi connectivity index (χ2v) is 8.33. The van der Waals surface area contributed by atoms with Crippen molar-refractivity contribution in [3.05, 3.63) is 35.1 Å². The number of aromatic nitrogens is 5. The molecule has 0 saturated heterocycles. The van der Waals surface area contributed by atoms with Crippen LogP contribution in [0.25, 0.3) is 10.6 Å². The fraction of sp³-hybridized carbons (Fsp3) is 0.444. The van der Waals surface area contributed by atoms with Crippen molar-refractivity contribution in [3.63, 3.8) is 0 Å². The van der Waals surface area contributed by atoms with Gasteiger partial charge in [-0.05, 0) is 36.1 Å². The van der Waals surface area contributed by atoms with Crippen molar-refractivity contribution in [2.45, 2.75) is 38.4 Å². The van der Waals surface area contributed by atoms with E-state index in [0.29, 0.717) is 18.2 Å². The number of hydrogen-bond acceptors (Lipinski definition) is 6. The van der Waals surface area contributed by atoms with E-state index in [1.54, 1.807) is 29.2 Å². The molecule has 1 amide bonds. The molecule has 2 N–H and O–H groups in total. The van der Waals surface area contributed by atoms with Crippen LogP contribution < -0.4 is 5.32 Å². The number of carbonyl (C=O) groups excluding carboxylic acids is 1. The topological polar surface area (TPSA) is 88.5 Å². The van der Waals surface area contributed by atoms with Crippen LogP contribution in [-0.2, 0) is 13.0 Å². The van der Waals surface area contributed by atoms with Crippen LogP contribution in [0.3, 0.4) is 0 Å². The molecule has 3 aromatic heterocycles. The Kier molecular flexibility index (Phi) is 6.68. The summed E-state index contributed by atoms with van der Waals surface area (Å²) in [4.78, 5) is 13.3. The van der Waals surface area contributed by atoms with Crippen LogP contribution in [0.5, 0.6) is 0 Å².